The van der Waals surface area contributed by atoms with Gasteiger partial charge in [-0.1, -0.05) is 6.92 Å². The van der Waals surface area contributed by atoms with Crippen LogP contribution in [0.25, 0.3) is 0 Å². The van der Waals surface area contributed by atoms with E-state index in [1.165, 1.54) is 0 Å². The predicted octanol–water partition coefficient (Wildman–Crippen LogP) is -0.527. The number of carbonyl (C=O) groups is 1. The lowest BCUT2D eigenvalue weighted by Crippen LogP contribution is -2.37. The molecule has 0 rings (SSSR count). The fourth-order valence-electron chi connectivity index (χ4n) is 0.880. The molecular weight excluding hydrogens is 238 g/mol. The Kier molecular flexibility index (Phi) is 7.22. The highest BCUT2D eigenvalue weighted by molar-refractivity contribution is 7.84. The highest BCUT2D eigenvalue weighted by Crippen LogP contribution is 2.05. The molecule has 0 spiro atoms. The SMILES string of the molecule is CCCN(COCC)S(=O)(=O)OC(=O)CO. The van der Waals surface area contributed by atoms with Gasteiger partial charge < -0.3 is 14.0 Å². The van der Waals surface area contributed by atoms with Crippen molar-refractivity contribution in [1.82, 2.24) is 4.31 Å². The number of hydrogen-bond donors (Lipinski definition) is 1. The third-order valence-electron chi connectivity index (χ3n) is 1.56. The Labute approximate surface area is 95.2 Å². The van der Waals surface area contributed by atoms with Crippen LogP contribution in [-0.4, -0.2) is 50.3 Å². The first-order valence-electron chi connectivity index (χ1n) is 4.88. The minimum atomic E-state index is -4.17. The fraction of sp³-hybridized carbons (Fsp3) is 0.875. The van der Waals surface area contributed by atoms with Crippen LogP contribution in [0.5, 0.6) is 0 Å². The summed E-state index contributed by atoms with van der Waals surface area (Å²) in [4.78, 5) is 10.7. The summed E-state index contributed by atoms with van der Waals surface area (Å²) in [5, 5.41) is 8.40. The highest BCUT2D eigenvalue weighted by atomic mass is 32.2. The number of nitrogens with zero attached hydrogens (tertiary/aromatic N) is 1. The quantitative estimate of drug-likeness (QED) is 0.586. The van der Waals surface area contributed by atoms with Crippen LogP contribution in [0.3, 0.4) is 0 Å². The van der Waals surface area contributed by atoms with E-state index in [2.05, 4.69) is 4.18 Å². The van der Waals surface area contributed by atoms with Crippen molar-refractivity contribution in [3.63, 3.8) is 0 Å². The summed E-state index contributed by atoms with van der Waals surface area (Å²) in [5.41, 5.74) is 0. The largest absolute Gasteiger partial charge is 0.389 e. The summed E-state index contributed by atoms with van der Waals surface area (Å²) < 4.78 is 32.9. The second-order valence-electron chi connectivity index (χ2n) is 2.87. The van der Waals surface area contributed by atoms with E-state index in [1.54, 1.807) is 13.8 Å². The first-order chi connectivity index (χ1) is 7.47. The van der Waals surface area contributed by atoms with E-state index in [0.29, 0.717) is 13.0 Å². The van der Waals surface area contributed by atoms with E-state index in [-0.39, 0.29) is 13.3 Å². The van der Waals surface area contributed by atoms with Crippen LogP contribution < -0.4 is 0 Å². The van der Waals surface area contributed by atoms with Crippen molar-refractivity contribution in [2.24, 2.45) is 0 Å². The van der Waals surface area contributed by atoms with Crippen molar-refractivity contribution in [2.75, 3.05) is 26.5 Å². The number of carbonyl (C=O) groups excluding carboxylic acids is 1. The molecule has 0 aliphatic rings. The normalized spacial score (nSPS) is 11.8. The molecule has 0 unspecified atom stereocenters. The minimum Gasteiger partial charge on any atom is -0.385 e. The van der Waals surface area contributed by atoms with Crippen LogP contribution in [0.2, 0.25) is 0 Å². The zero-order valence-corrected chi connectivity index (χ0v) is 10.2. The van der Waals surface area contributed by atoms with Crippen molar-refractivity contribution >= 4 is 16.3 Å². The molecule has 0 saturated carbocycles. The molecule has 0 aromatic rings. The Morgan fingerprint density at radius 1 is 1.38 bits per heavy atom. The number of aliphatic hydroxyl groups is 1. The van der Waals surface area contributed by atoms with Crippen molar-refractivity contribution < 1.29 is 27.2 Å². The molecular formula is C8H17NO6S. The van der Waals surface area contributed by atoms with Crippen LogP contribution in [0.1, 0.15) is 20.3 Å². The van der Waals surface area contributed by atoms with Gasteiger partial charge in [-0.15, -0.1) is 4.31 Å². The van der Waals surface area contributed by atoms with Crippen LogP contribution in [-0.2, 0) is 24.0 Å². The van der Waals surface area contributed by atoms with Crippen molar-refractivity contribution in [1.29, 1.82) is 0 Å². The van der Waals surface area contributed by atoms with E-state index >= 15 is 0 Å². The van der Waals surface area contributed by atoms with Gasteiger partial charge in [0.05, 0.1) is 0 Å². The monoisotopic (exact) mass is 255 g/mol. The smallest absolute Gasteiger partial charge is 0.385 e. The summed E-state index contributed by atoms with van der Waals surface area (Å²) in [6.07, 6.45) is 0.559. The number of rotatable bonds is 8. The molecule has 0 aromatic heterocycles. The maximum Gasteiger partial charge on any atom is 0.389 e. The topological polar surface area (TPSA) is 93.1 Å². The molecule has 0 fully saturated rings. The summed E-state index contributed by atoms with van der Waals surface area (Å²) >= 11 is 0. The molecule has 0 aromatic carbocycles. The molecule has 16 heavy (non-hydrogen) atoms. The Balaban J connectivity index is 4.55. The molecule has 0 aliphatic heterocycles. The van der Waals surface area contributed by atoms with Crippen molar-refractivity contribution in [3.05, 3.63) is 0 Å². The number of ether oxygens (including phenoxy) is 1. The van der Waals surface area contributed by atoms with E-state index in [9.17, 15) is 13.2 Å². The molecule has 0 bridgehead atoms. The van der Waals surface area contributed by atoms with E-state index in [0.717, 1.165) is 4.31 Å². The second kappa shape index (κ2) is 7.55. The van der Waals surface area contributed by atoms with Gasteiger partial charge in [-0.25, -0.2) is 4.79 Å². The van der Waals surface area contributed by atoms with Crippen LogP contribution in [0, 0.1) is 0 Å². The zero-order valence-electron chi connectivity index (χ0n) is 9.38. The Hall–Kier alpha value is -0.700. The lowest BCUT2D eigenvalue weighted by atomic mass is 10.5. The Morgan fingerprint density at radius 2 is 2.00 bits per heavy atom. The minimum absolute atomic E-state index is 0.175. The Morgan fingerprint density at radius 3 is 2.44 bits per heavy atom. The fourth-order valence-corrected chi connectivity index (χ4v) is 1.88. The van der Waals surface area contributed by atoms with Crippen LogP contribution in [0.15, 0.2) is 0 Å². The van der Waals surface area contributed by atoms with Gasteiger partial charge >= 0.3 is 16.3 Å². The molecule has 1 N–H and O–H groups in total. The third kappa shape index (κ3) is 5.40. The van der Waals surface area contributed by atoms with E-state index in [4.69, 9.17) is 9.84 Å². The average molecular weight is 255 g/mol. The summed E-state index contributed by atoms with van der Waals surface area (Å²) in [7, 11) is -4.17. The van der Waals surface area contributed by atoms with Gasteiger partial charge in [-0.3, -0.25) is 0 Å². The first-order valence-corrected chi connectivity index (χ1v) is 6.25. The van der Waals surface area contributed by atoms with Gasteiger partial charge in [0.1, 0.15) is 13.3 Å². The molecule has 0 amide bonds. The van der Waals surface area contributed by atoms with E-state index < -0.39 is 22.9 Å². The van der Waals surface area contributed by atoms with Gasteiger partial charge in [-0.2, -0.15) is 8.42 Å². The molecule has 0 aliphatic carbocycles. The molecule has 7 nitrogen and oxygen atoms in total. The summed E-state index contributed by atoms with van der Waals surface area (Å²) in [5.74, 6) is -1.21. The summed E-state index contributed by atoms with van der Waals surface area (Å²) in [6.45, 7) is 2.88. The highest BCUT2D eigenvalue weighted by Gasteiger charge is 2.25. The molecule has 0 radical (unpaired) electrons. The van der Waals surface area contributed by atoms with Crippen LogP contribution in [0.4, 0.5) is 0 Å². The average Bonchev–Trinajstić information content (AvgIpc) is 2.23. The predicted molar refractivity (Wildman–Crippen MR) is 55.6 cm³/mol. The molecule has 0 atom stereocenters. The maximum absolute atomic E-state index is 11.5. The first kappa shape index (κ1) is 15.3. The Bertz CT molecular complexity index is 302. The van der Waals surface area contributed by atoms with Gasteiger partial charge in [0, 0.05) is 13.2 Å². The van der Waals surface area contributed by atoms with Gasteiger partial charge in [0.15, 0.2) is 0 Å². The van der Waals surface area contributed by atoms with Gasteiger partial charge in [0.2, 0.25) is 0 Å². The van der Waals surface area contributed by atoms with Crippen molar-refractivity contribution in [2.45, 2.75) is 20.3 Å². The maximum atomic E-state index is 11.5. The molecule has 0 heterocycles. The molecule has 96 valence electrons. The molecule has 0 saturated heterocycles. The lowest BCUT2D eigenvalue weighted by molar-refractivity contribution is -0.137. The number of aliphatic hydroxyl groups excluding tert-OH is 1. The lowest BCUT2D eigenvalue weighted by Gasteiger charge is -2.19. The molecule has 8 heteroatoms. The zero-order chi connectivity index (χ0) is 12.6. The summed E-state index contributed by atoms with van der Waals surface area (Å²) in [6, 6.07) is 0. The number of hydrogen-bond acceptors (Lipinski definition) is 6. The van der Waals surface area contributed by atoms with Crippen LogP contribution >= 0.6 is 0 Å². The standard InChI is InChI=1S/C8H17NO6S/c1-3-5-9(7-14-4-2)16(12,13)15-8(11)6-10/h10H,3-7H2,1-2H3. The second-order valence-corrected chi connectivity index (χ2v) is 4.41. The third-order valence-corrected chi connectivity index (χ3v) is 2.87. The van der Waals surface area contributed by atoms with E-state index in [1.807, 2.05) is 0 Å². The van der Waals surface area contributed by atoms with Gasteiger partial charge in [0.25, 0.3) is 0 Å². The van der Waals surface area contributed by atoms with Crippen molar-refractivity contribution in [3.8, 4) is 0 Å². The van der Waals surface area contributed by atoms with Gasteiger partial charge in [-0.05, 0) is 13.3 Å².